The van der Waals surface area contributed by atoms with Gasteiger partial charge in [0, 0.05) is 12.3 Å². The number of rotatable bonds is 4. The highest BCUT2D eigenvalue weighted by Crippen LogP contribution is 2.18. The Morgan fingerprint density at radius 3 is 2.60 bits per heavy atom. The Balaban J connectivity index is 2.77. The van der Waals surface area contributed by atoms with Crippen molar-refractivity contribution in [1.29, 1.82) is 0 Å². The molecule has 0 aliphatic carbocycles. The first-order chi connectivity index (χ1) is 6.94. The molecule has 1 rings (SSSR count). The number of ether oxygens (including phenoxy) is 1. The predicted octanol–water partition coefficient (Wildman–Crippen LogP) is 2.35. The van der Waals surface area contributed by atoms with E-state index in [1.165, 1.54) is 12.3 Å². The summed E-state index contributed by atoms with van der Waals surface area (Å²) in [5.74, 6) is -0.532. The number of hydrogen-bond donors (Lipinski definition) is 1. The molecule has 0 aliphatic rings. The highest BCUT2D eigenvalue weighted by molar-refractivity contribution is 5.87. The number of carbonyl (C=O) groups is 1. The molecule has 0 spiro atoms. The van der Waals surface area contributed by atoms with E-state index in [1.807, 2.05) is 20.8 Å². The topological polar surface area (TPSA) is 59.4 Å². The van der Waals surface area contributed by atoms with Crippen LogP contribution in [0.3, 0.4) is 0 Å². The van der Waals surface area contributed by atoms with Gasteiger partial charge in [-0.3, -0.25) is 0 Å². The van der Waals surface area contributed by atoms with Gasteiger partial charge in [0.1, 0.15) is 5.60 Å². The standard InChI is InChI=1S/C11H15NO3/c1-4-11(2,3)15-9-6-5-8(7-12-9)10(13)14/h5-7H,4H2,1-3H3,(H,13,14). The maximum absolute atomic E-state index is 10.6. The molecule has 4 heteroatoms. The van der Waals surface area contributed by atoms with Crippen molar-refractivity contribution in [2.45, 2.75) is 32.8 Å². The van der Waals surface area contributed by atoms with Gasteiger partial charge in [-0.05, 0) is 26.3 Å². The quantitative estimate of drug-likeness (QED) is 0.826. The van der Waals surface area contributed by atoms with Crippen molar-refractivity contribution in [2.24, 2.45) is 0 Å². The van der Waals surface area contributed by atoms with Crippen LogP contribution in [0.5, 0.6) is 5.88 Å². The maximum atomic E-state index is 10.6. The van der Waals surface area contributed by atoms with Crippen molar-refractivity contribution < 1.29 is 14.6 Å². The number of carboxylic acid groups (broad SMARTS) is 1. The lowest BCUT2D eigenvalue weighted by Gasteiger charge is -2.23. The average molecular weight is 209 g/mol. The van der Waals surface area contributed by atoms with Crippen LogP contribution in [0.1, 0.15) is 37.6 Å². The molecule has 0 radical (unpaired) electrons. The van der Waals surface area contributed by atoms with Crippen molar-refractivity contribution in [1.82, 2.24) is 4.98 Å². The molecule has 4 nitrogen and oxygen atoms in total. The molecular weight excluding hydrogens is 194 g/mol. The molecule has 0 saturated carbocycles. The average Bonchev–Trinajstić information content (AvgIpc) is 2.18. The van der Waals surface area contributed by atoms with Gasteiger partial charge in [0.25, 0.3) is 0 Å². The summed E-state index contributed by atoms with van der Waals surface area (Å²) >= 11 is 0. The Labute approximate surface area is 88.9 Å². The van der Waals surface area contributed by atoms with Gasteiger partial charge in [-0.2, -0.15) is 0 Å². The largest absolute Gasteiger partial charge is 0.478 e. The van der Waals surface area contributed by atoms with Crippen LogP contribution in [-0.4, -0.2) is 21.7 Å². The third-order valence-corrected chi connectivity index (χ3v) is 2.22. The molecule has 0 amide bonds. The van der Waals surface area contributed by atoms with Crippen molar-refractivity contribution in [3.63, 3.8) is 0 Å². The maximum Gasteiger partial charge on any atom is 0.337 e. The van der Waals surface area contributed by atoms with E-state index in [9.17, 15) is 4.79 Å². The molecule has 0 aliphatic heterocycles. The first kappa shape index (κ1) is 11.5. The second kappa shape index (κ2) is 4.29. The first-order valence-corrected chi connectivity index (χ1v) is 4.83. The minimum atomic E-state index is -0.983. The smallest absolute Gasteiger partial charge is 0.337 e. The number of hydrogen-bond acceptors (Lipinski definition) is 3. The zero-order valence-electron chi connectivity index (χ0n) is 9.15. The van der Waals surface area contributed by atoms with Gasteiger partial charge in [0.15, 0.2) is 0 Å². The summed E-state index contributed by atoms with van der Waals surface area (Å²) in [6, 6.07) is 3.05. The van der Waals surface area contributed by atoms with Gasteiger partial charge < -0.3 is 9.84 Å². The van der Waals surface area contributed by atoms with E-state index >= 15 is 0 Å². The Hall–Kier alpha value is -1.58. The molecule has 0 saturated heterocycles. The van der Waals surface area contributed by atoms with Crippen molar-refractivity contribution in [3.05, 3.63) is 23.9 Å². The van der Waals surface area contributed by atoms with Gasteiger partial charge >= 0.3 is 5.97 Å². The Bertz CT molecular complexity index is 343. The molecule has 1 aromatic rings. The van der Waals surface area contributed by atoms with E-state index in [0.29, 0.717) is 5.88 Å². The summed E-state index contributed by atoms with van der Waals surface area (Å²) in [6.07, 6.45) is 2.15. The number of aromatic nitrogens is 1. The molecular formula is C11H15NO3. The van der Waals surface area contributed by atoms with Crippen LogP contribution in [0.15, 0.2) is 18.3 Å². The van der Waals surface area contributed by atoms with E-state index < -0.39 is 5.97 Å². The van der Waals surface area contributed by atoms with Gasteiger partial charge in [0.2, 0.25) is 5.88 Å². The summed E-state index contributed by atoms with van der Waals surface area (Å²) in [5.41, 5.74) is -0.116. The number of pyridine rings is 1. The van der Waals surface area contributed by atoms with Crippen LogP contribution in [0.4, 0.5) is 0 Å². The van der Waals surface area contributed by atoms with E-state index in [1.54, 1.807) is 6.07 Å². The van der Waals surface area contributed by atoms with E-state index in [0.717, 1.165) is 6.42 Å². The summed E-state index contributed by atoms with van der Waals surface area (Å²) in [7, 11) is 0. The zero-order chi connectivity index (χ0) is 11.5. The Kier molecular flexibility index (Phi) is 3.29. The number of carboxylic acids is 1. The summed E-state index contributed by atoms with van der Waals surface area (Å²) < 4.78 is 5.58. The molecule has 1 N–H and O–H groups in total. The molecule has 0 atom stereocenters. The lowest BCUT2D eigenvalue weighted by Crippen LogP contribution is -2.27. The summed E-state index contributed by atoms with van der Waals surface area (Å²) in [6.45, 7) is 5.94. The third kappa shape index (κ3) is 3.23. The van der Waals surface area contributed by atoms with Gasteiger partial charge in [-0.25, -0.2) is 9.78 Å². The van der Waals surface area contributed by atoms with Crippen LogP contribution in [0.2, 0.25) is 0 Å². The van der Waals surface area contributed by atoms with Gasteiger partial charge in [0.05, 0.1) is 5.56 Å². The summed E-state index contributed by atoms with van der Waals surface area (Å²) in [5, 5.41) is 8.67. The fourth-order valence-electron chi connectivity index (χ4n) is 0.922. The second-order valence-electron chi connectivity index (χ2n) is 3.91. The zero-order valence-corrected chi connectivity index (χ0v) is 9.15. The Morgan fingerprint density at radius 2 is 2.20 bits per heavy atom. The molecule has 0 bridgehead atoms. The van der Waals surface area contributed by atoms with Crippen molar-refractivity contribution in [2.75, 3.05) is 0 Å². The molecule has 0 aromatic carbocycles. The monoisotopic (exact) mass is 209 g/mol. The van der Waals surface area contributed by atoms with Gasteiger partial charge in [-0.1, -0.05) is 6.92 Å². The molecule has 15 heavy (non-hydrogen) atoms. The van der Waals surface area contributed by atoms with Crippen LogP contribution in [0.25, 0.3) is 0 Å². The molecule has 82 valence electrons. The fraction of sp³-hybridized carbons (Fsp3) is 0.455. The lowest BCUT2D eigenvalue weighted by atomic mass is 10.1. The van der Waals surface area contributed by atoms with Crippen molar-refractivity contribution in [3.8, 4) is 5.88 Å². The molecule has 1 heterocycles. The van der Waals surface area contributed by atoms with Crippen LogP contribution in [-0.2, 0) is 0 Å². The van der Waals surface area contributed by atoms with Crippen LogP contribution >= 0.6 is 0 Å². The number of aromatic carboxylic acids is 1. The predicted molar refractivity (Wildman–Crippen MR) is 56.2 cm³/mol. The lowest BCUT2D eigenvalue weighted by molar-refractivity contribution is 0.0696. The highest BCUT2D eigenvalue weighted by atomic mass is 16.5. The fourth-order valence-corrected chi connectivity index (χ4v) is 0.922. The minimum absolute atomic E-state index is 0.164. The van der Waals surface area contributed by atoms with E-state index in [2.05, 4.69) is 4.98 Å². The second-order valence-corrected chi connectivity index (χ2v) is 3.91. The number of nitrogens with zero attached hydrogens (tertiary/aromatic N) is 1. The first-order valence-electron chi connectivity index (χ1n) is 4.83. The summed E-state index contributed by atoms with van der Waals surface area (Å²) in [4.78, 5) is 14.5. The van der Waals surface area contributed by atoms with Crippen LogP contribution < -0.4 is 4.74 Å². The van der Waals surface area contributed by atoms with Crippen molar-refractivity contribution >= 4 is 5.97 Å². The SMILES string of the molecule is CCC(C)(C)Oc1ccc(C(=O)O)cn1. The van der Waals surface area contributed by atoms with Crippen LogP contribution in [0, 0.1) is 0 Å². The molecule has 0 unspecified atom stereocenters. The highest BCUT2D eigenvalue weighted by Gasteiger charge is 2.17. The molecule has 1 aromatic heterocycles. The molecule has 0 fully saturated rings. The third-order valence-electron chi connectivity index (χ3n) is 2.22. The van der Waals surface area contributed by atoms with E-state index in [-0.39, 0.29) is 11.2 Å². The minimum Gasteiger partial charge on any atom is -0.478 e. The van der Waals surface area contributed by atoms with E-state index in [4.69, 9.17) is 9.84 Å². The van der Waals surface area contributed by atoms with Gasteiger partial charge in [-0.15, -0.1) is 0 Å². The Morgan fingerprint density at radius 1 is 1.53 bits per heavy atom. The normalized spacial score (nSPS) is 11.1.